The van der Waals surface area contributed by atoms with Gasteiger partial charge in [-0.05, 0) is 0 Å². The zero-order valence-electron chi connectivity index (χ0n) is 8.03. The highest BCUT2D eigenvalue weighted by molar-refractivity contribution is 7.89. The van der Waals surface area contributed by atoms with Gasteiger partial charge in [0.25, 0.3) is 0 Å². The molecule has 0 saturated heterocycles. The number of hydrogen-bond acceptors (Lipinski definition) is 4. The lowest BCUT2D eigenvalue weighted by molar-refractivity contribution is -0.143. The van der Waals surface area contributed by atoms with Crippen molar-refractivity contribution in [1.82, 2.24) is 0 Å². The fourth-order valence-electron chi connectivity index (χ4n) is 0.883. The number of carbonyl (C=O) groups is 1. The van der Waals surface area contributed by atoms with Gasteiger partial charge in [-0.25, -0.2) is 13.6 Å². The summed E-state index contributed by atoms with van der Waals surface area (Å²) in [7, 11) is -3.52. The third-order valence-corrected chi connectivity index (χ3v) is 2.44. The van der Waals surface area contributed by atoms with Gasteiger partial charge in [0.15, 0.2) is 0 Å². The summed E-state index contributed by atoms with van der Waals surface area (Å²) in [6.45, 7) is 4.66. The van der Waals surface area contributed by atoms with E-state index in [0.29, 0.717) is 0 Å². The Morgan fingerprint density at radius 3 is 2.23 bits per heavy atom. The number of nitrogens with two attached hydrogens (primary N) is 1. The Morgan fingerprint density at radius 2 is 1.92 bits per heavy atom. The number of esters is 1. The average Bonchev–Trinajstić information content (AvgIpc) is 1.78. The SMILES string of the molecule is CC(=O)OCC(C)(C)CS(N)(=O)=O. The fourth-order valence-corrected chi connectivity index (χ4v) is 2.06. The molecule has 0 atom stereocenters. The topological polar surface area (TPSA) is 86.5 Å². The van der Waals surface area contributed by atoms with Gasteiger partial charge in [-0.1, -0.05) is 13.8 Å². The van der Waals surface area contributed by atoms with Crippen molar-refractivity contribution in [3.05, 3.63) is 0 Å². The molecule has 6 heteroatoms. The second-order valence-corrected chi connectivity index (χ2v) is 5.37. The molecule has 5 nitrogen and oxygen atoms in total. The van der Waals surface area contributed by atoms with E-state index >= 15 is 0 Å². The van der Waals surface area contributed by atoms with Crippen LogP contribution in [-0.4, -0.2) is 26.7 Å². The summed E-state index contributed by atoms with van der Waals surface area (Å²) in [5.41, 5.74) is -0.640. The van der Waals surface area contributed by atoms with Crippen LogP contribution in [0.15, 0.2) is 0 Å². The Bertz CT molecular complexity index is 281. The van der Waals surface area contributed by atoms with Crippen molar-refractivity contribution in [2.24, 2.45) is 10.6 Å². The minimum absolute atomic E-state index is 0.0543. The maximum atomic E-state index is 10.7. The first-order valence-electron chi connectivity index (χ1n) is 3.76. The standard InChI is InChI=1S/C7H15NO4S/c1-6(9)12-4-7(2,3)5-13(8,10)11/h4-5H2,1-3H3,(H2,8,10,11). The van der Waals surface area contributed by atoms with Crippen LogP contribution in [0, 0.1) is 5.41 Å². The van der Waals surface area contributed by atoms with E-state index in [2.05, 4.69) is 0 Å². The van der Waals surface area contributed by atoms with Crippen molar-refractivity contribution in [3.63, 3.8) is 0 Å². The summed E-state index contributed by atoms with van der Waals surface area (Å²) in [6.07, 6.45) is 0. The van der Waals surface area contributed by atoms with Gasteiger partial charge in [-0.15, -0.1) is 0 Å². The van der Waals surface area contributed by atoms with Crippen LogP contribution >= 0.6 is 0 Å². The van der Waals surface area contributed by atoms with E-state index in [-0.39, 0.29) is 12.4 Å². The molecule has 0 aliphatic heterocycles. The predicted molar refractivity (Wildman–Crippen MR) is 48.4 cm³/mol. The summed E-state index contributed by atoms with van der Waals surface area (Å²) in [4.78, 5) is 10.5. The van der Waals surface area contributed by atoms with Crippen molar-refractivity contribution in [3.8, 4) is 0 Å². The van der Waals surface area contributed by atoms with Gasteiger partial charge < -0.3 is 4.74 Å². The van der Waals surface area contributed by atoms with Crippen LogP contribution in [0.2, 0.25) is 0 Å². The summed E-state index contributed by atoms with van der Waals surface area (Å²) < 4.78 is 26.2. The van der Waals surface area contributed by atoms with E-state index < -0.39 is 21.4 Å². The molecule has 78 valence electrons. The Kier molecular flexibility index (Phi) is 3.87. The van der Waals surface area contributed by atoms with Crippen LogP contribution in [-0.2, 0) is 19.6 Å². The maximum Gasteiger partial charge on any atom is 0.302 e. The number of sulfonamides is 1. The molecular weight excluding hydrogens is 194 g/mol. The molecule has 0 aromatic rings. The van der Waals surface area contributed by atoms with E-state index in [1.165, 1.54) is 6.92 Å². The van der Waals surface area contributed by atoms with Gasteiger partial charge in [-0.3, -0.25) is 4.79 Å². The second-order valence-electron chi connectivity index (χ2n) is 3.75. The number of primary sulfonamides is 1. The highest BCUT2D eigenvalue weighted by Gasteiger charge is 2.25. The third kappa shape index (κ3) is 7.73. The average molecular weight is 209 g/mol. The highest BCUT2D eigenvalue weighted by atomic mass is 32.2. The summed E-state index contributed by atoms with van der Waals surface area (Å²) in [6, 6.07) is 0. The van der Waals surface area contributed by atoms with Crippen molar-refractivity contribution in [1.29, 1.82) is 0 Å². The van der Waals surface area contributed by atoms with Crippen LogP contribution in [0.1, 0.15) is 20.8 Å². The lowest BCUT2D eigenvalue weighted by atomic mass is 9.98. The number of hydrogen-bond donors (Lipinski definition) is 1. The molecule has 0 fully saturated rings. The molecule has 0 spiro atoms. The molecule has 0 aromatic heterocycles. The van der Waals surface area contributed by atoms with Gasteiger partial charge in [-0.2, -0.15) is 0 Å². The summed E-state index contributed by atoms with van der Waals surface area (Å²) in [5, 5.41) is 4.86. The molecule has 0 bridgehead atoms. The van der Waals surface area contributed by atoms with E-state index in [1.807, 2.05) is 0 Å². The smallest absolute Gasteiger partial charge is 0.302 e. The highest BCUT2D eigenvalue weighted by Crippen LogP contribution is 2.16. The predicted octanol–water partition coefficient (Wildman–Crippen LogP) is -0.136. The molecule has 0 aliphatic carbocycles. The molecular formula is C7H15NO4S. The van der Waals surface area contributed by atoms with Crippen molar-refractivity contribution in [2.75, 3.05) is 12.4 Å². The molecule has 0 aromatic carbocycles. The molecule has 0 amide bonds. The van der Waals surface area contributed by atoms with Crippen LogP contribution in [0.5, 0.6) is 0 Å². The van der Waals surface area contributed by atoms with E-state index in [0.717, 1.165) is 0 Å². The first-order valence-corrected chi connectivity index (χ1v) is 5.48. The van der Waals surface area contributed by atoms with Crippen molar-refractivity contribution >= 4 is 16.0 Å². The fraction of sp³-hybridized carbons (Fsp3) is 0.857. The minimum atomic E-state index is -3.52. The Hall–Kier alpha value is -0.620. The lowest BCUT2D eigenvalue weighted by Gasteiger charge is -2.22. The number of ether oxygens (including phenoxy) is 1. The number of carbonyl (C=O) groups excluding carboxylic acids is 1. The molecule has 13 heavy (non-hydrogen) atoms. The molecule has 0 rings (SSSR count). The Balaban J connectivity index is 4.17. The third-order valence-electron chi connectivity index (χ3n) is 1.26. The largest absolute Gasteiger partial charge is 0.465 e. The van der Waals surface area contributed by atoms with Gasteiger partial charge in [0.05, 0.1) is 12.4 Å². The molecule has 0 radical (unpaired) electrons. The first-order chi connectivity index (χ1) is 5.62. The minimum Gasteiger partial charge on any atom is -0.465 e. The van der Waals surface area contributed by atoms with Crippen LogP contribution in [0.3, 0.4) is 0 Å². The zero-order chi connectivity index (χ0) is 10.7. The van der Waals surface area contributed by atoms with Gasteiger partial charge in [0.1, 0.15) is 0 Å². The van der Waals surface area contributed by atoms with Gasteiger partial charge >= 0.3 is 5.97 Å². The normalized spacial score (nSPS) is 12.6. The molecule has 0 heterocycles. The van der Waals surface area contributed by atoms with E-state index in [9.17, 15) is 13.2 Å². The zero-order valence-corrected chi connectivity index (χ0v) is 8.85. The van der Waals surface area contributed by atoms with E-state index in [1.54, 1.807) is 13.8 Å². The van der Waals surface area contributed by atoms with Crippen molar-refractivity contribution < 1.29 is 17.9 Å². The van der Waals surface area contributed by atoms with Crippen LogP contribution < -0.4 is 5.14 Å². The number of rotatable bonds is 4. The molecule has 0 unspecified atom stereocenters. The Labute approximate surface area is 78.3 Å². The summed E-state index contributed by atoms with van der Waals surface area (Å²) in [5.74, 6) is -0.629. The molecule has 0 aliphatic rings. The van der Waals surface area contributed by atoms with Gasteiger partial charge in [0.2, 0.25) is 10.0 Å². The van der Waals surface area contributed by atoms with Crippen molar-refractivity contribution in [2.45, 2.75) is 20.8 Å². The second kappa shape index (κ2) is 4.06. The summed E-state index contributed by atoms with van der Waals surface area (Å²) >= 11 is 0. The maximum absolute atomic E-state index is 10.7. The van der Waals surface area contributed by atoms with Gasteiger partial charge in [0, 0.05) is 12.3 Å². The molecule has 0 saturated carbocycles. The molecule has 2 N–H and O–H groups in total. The first kappa shape index (κ1) is 12.4. The lowest BCUT2D eigenvalue weighted by Crippen LogP contribution is -2.33. The van der Waals surface area contributed by atoms with Crippen LogP contribution in [0.4, 0.5) is 0 Å². The monoisotopic (exact) mass is 209 g/mol. The Morgan fingerprint density at radius 1 is 1.46 bits per heavy atom. The van der Waals surface area contributed by atoms with E-state index in [4.69, 9.17) is 9.88 Å². The van der Waals surface area contributed by atoms with Crippen LogP contribution in [0.25, 0.3) is 0 Å². The quantitative estimate of drug-likeness (QED) is 0.653.